The number of carboxylic acid groups (broad SMARTS) is 1. The molecule has 19 heavy (non-hydrogen) atoms. The van der Waals surface area contributed by atoms with Crippen LogP contribution in [0.4, 0.5) is 4.79 Å². The molecule has 0 aromatic rings. The molecule has 1 fully saturated rings. The smallest absolute Gasteiger partial charge is 0.431 e. The molecule has 1 saturated carbocycles. The fraction of sp³-hybridized carbons (Fsp3) is 0.846. The van der Waals surface area contributed by atoms with Gasteiger partial charge in [-0.05, 0) is 52.4 Å². The zero-order valence-corrected chi connectivity index (χ0v) is 11.8. The van der Waals surface area contributed by atoms with Gasteiger partial charge in [0.25, 0.3) is 0 Å². The van der Waals surface area contributed by atoms with Gasteiger partial charge in [0, 0.05) is 0 Å². The van der Waals surface area contributed by atoms with Crippen molar-refractivity contribution in [3.63, 3.8) is 0 Å². The fourth-order valence-corrected chi connectivity index (χ4v) is 2.09. The average molecular weight is 273 g/mol. The molecule has 0 aliphatic heterocycles. The van der Waals surface area contributed by atoms with E-state index >= 15 is 0 Å². The molecule has 0 heterocycles. The Morgan fingerprint density at radius 3 is 2.26 bits per heavy atom. The standard InChI is InChI=1S/C13H23NO5/c1-13(2,3)19-12(17)14-18-8-9-4-6-10(7-5-9)11(15)16/h9-10H,4-8H2,1-3H3,(H,14,17)(H,15,16). The molecule has 0 saturated heterocycles. The number of hydrogen-bond acceptors (Lipinski definition) is 4. The maximum absolute atomic E-state index is 11.3. The lowest BCUT2D eigenvalue weighted by molar-refractivity contribution is -0.143. The van der Waals surface area contributed by atoms with Gasteiger partial charge in [0.05, 0.1) is 12.5 Å². The van der Waals surface area contributed by atoms with E-state index in [0.717, 1.165) is 12.8 Å². The van der Waals surface area contributed by atoms with E-state index in [1.54, 1.807) is 20.8 Å². The second-order valence-electron chi connectivity index (χ2n) is 5.97. The van der Waals surface area contributed by atoms with Crippen LogP contribution in [0, 0.1) is 11.8 Å². The van der Waals surface area contributed by atoms with Crippen molar-refractivity contribution in [2.45, 2.75) is 52.1 Å². The van der Waals surface area contributed by atoms with Crippen LogP contribution in [0.3, 0.4) is 0 Å². The molecule has 0 atom stereocenters. The van der Waals surface area contributed by atoms with E-state index in [1.165, 1.54) is 0 Å². The summed E-state index contributed by atoms with van der Waals surface area (Å²) in [6.45, 7) is 5.73. The van der Waals surface area contributed by atoms with Gasteiger partial charge in [0.15, 0.2) is 0 Å². The second kappa shape index (κ2) is 6.75. The third-order valence-electron chi connectivity index (χ3n) is 3.07. The van der Waals surface area contributed by atoms with Crippen molar-refractivity contribution in [1.29, 1.82) is 0 Å². The first-order valence-electron chi connectivity index (χ1n) is 6.61. The summed E-state index contributed by atoms with van der Waals surface area (Å²) in [7, 11) is 0. The molecular formula is C13H23NO5. The molecule has 6 heteroatoms. The number of rotatable bonds is 4. The van der Waals surface area contributed by atoms with E-state index in [0.29, 0.717) is 25.4 Å². The molecule has 1 aliphatic carbocycles. The molecule has 1 aliphatic rings. The van der Waals surface area contributed by atoms with Gasteiger partial charge in [0.1, 0.15) is 5.60 Å². The van der Waals surface area contributed by atoms with Gasteiger partial charge in [-0.2, -0.15) is 5.48 Å². The summed E-state index contributed by atoms with van der Waals surface area (Å²) in [6, 6.07) is 0. The number of hydroxylamine groups is 1. The van der Waals surface area contributed by atoms with Crippen LogP contribution in [0.2, 0.25) is 0 Å². The van der Waals surface area contributed by atoms with Crippen molar-refractivity contribution >= 4 is 12.1 Å². The number of carbonyl (C=O) groups is 2. The molecular weight excluding hydrogens is 250 g/mol. The summed E-state index contributed by atoms with van der Waals surface area (Å²) in [6.07, 6.45) is 2.37. The first kappa shape index (κ1) is 15.8. The number of carbonyl (C=O) groups excluding carboxylic acids is 1. The van der Waals surface area contributed by atoms with Gasteiger partial charge in [-0.25, -0.2) is 4.79 Å². The number of nitrogens with one attached hydrogen (secondary N) is 1. The summed E-state index contributed by atoms with van der Waals surface area (Å²) >= 11 is 0. The predicted octanol–water partition coefficient (Wildman–Crippen LogP) is 2.33. The Morgan fingerprint density at radius 2 is 1.79 bits per heavy atom. The molecule has 0 radical (unpaired) electrons. The number of hydrogen-bond donors (Lipinski definition) is 2. The highest BCUT2D eigenvalue weighted by Crippen LogP contribution is 2.28. The summed E-state index contributed by atoms with van der Waals surface area (Å²) < 4.78 is 5.02. The molecule has 0 bridgehead atoms. The molecule has 0 unspecified atom stereocenters. The third-order valence-corrected chi connectivity index (χ3v) is 3.07. The quantitative estimate of drug-likeness (QED) is 0.768. The topological polar surface area (TPSA) is 84.9 Å². The Bertz CT molecular complexity index is 315. The van der Waals surface area contributed by atoms with Crippen LogP contribution < -0.4 is 5.48 Å². The minimum Gasteiger partial charge on any atom is -0.481 e. The molecule has 0 aromatic heterocycles. The lowest BCUT2D eigenvalue weighted by Gasteiger charge is -2.26. The minimum absolute atomic E-state index is 0.227. The molecule has 0 aromatic carbocycles. The van der Waals surface area contributed by atoms with Crippen molar-refractivity contribution in [2.75, 3.05) is 6.61 Å². The Hall–Kier alpha value is -1.30. The summed E-state index contributed by atoms with van der Waals surface area (Å²) in [5.74, 6) is -0.646. The van der Waals surface area contributed by atoms with Gasteiger partial charge in [-0.3, -0.25) is 9.63 Å². The predicted molar refractivity (Wildman–Crippen MR) is 68.4 cm³/mol. The van der Waals surface area contributed by atoms with E-state index in [9.17, 15) is 9.59 Å². The van der Waals surface area contributed by atoms with Crippen LogP contribution in [-0.2, 0) is 14.4 Å². The van der Waals surface area contributed by atoms with Crippen molar-refractivity contribution < 1.29 is 24.3 Å². The fourth-order valence-electron chi connectivity index (χ4n) is 2.09. The minimum atomic E-state index is -0.716. The normalized spacial score (nSPS) is 23.7. The Kier molecular flexibility index (Phi) is 5.60. The molecule has 110 valence electrons. The Balaban J connectivity index is 2.14. The average Bonchev–Trinajstić information content (AvgIpc) is 2.27. The lowest BCUT2D eigenvalue weighted by atomic mass is 9.82. The van der Waals surface area contributed by atoms with Crippen molar-refractivity contribution in [1.82, 2.24) is 5.48 Å². The lowest BCUT2D eigenvalue weighted by Crippen LogP contribution is -2.34. The first-order valence-corrected chi connectivity index (χ1v) is 6.61. The zero-order chi connectivity index (χ0) is 14.5. The van der Waals surface area contributed by atoms with Gasteiger partial charge >= 0.3 is 12.1 Å². The molecule has 2 N–H and O–H groups in total. The Morgan fingerprint density at radius 1 is 1.21 bits per heavy atom. The second-order valence-corrected chi connectivity index (χ2v) is 5.97. The van der Waals surface area contributed by atoms with Gasteiger partial charge < -0.3 is 9.84 Å². The third kappa shape index (κ3) is 6.42. The monoisotopic (exact) mass is 273 g/mol. The van der Waals surface area contributed by atoms with Crippen LogP contribution >= 0.6 is 0 Å². The highest BCUT2D eigenvalue weighted by molar-refractivity contribution is 5.70. The summed E-state index contributed by atoms with van der Waals surface area (Å²) in [4.78, 5) is 27.2. The van der Waals surface area contributed by atoms with E-state index in [-0.39, 0.29) is 5.92 Å². The highest BCUT2D eigenvalue weighted by Gasteiger charge is 2.26. The molecule has 6 nitrogen and oxygen atoms in total. The largest absolute Gasteiger partial charge is 0.481 e. The van der Waals surface area contributed by atoms with Crippen molar-refractivity contribution in [3.8, 4) is 0 Å². The molecule has 1 rings (SSSR count). The van der Waals surface area contributed by atoms with Crippen LogP contribution in [-0.4, -0.2) is 29.4 Å². The van der Waals surface area contributed by atoms with Crippen LogP contribution in [0.25, 0.3) is 0 Å². The van der Waals surface area contributed by atoms with E-state index in [2.05, 4.69) is 5.48 Å². The highest BCUT2D eigenvalue weighted by atomic mass is 16.7. The Labute approximate surface area is 113 Å². The van der Waals surface area contributed by atoms with Crippen molar-refractivity contribution in [2.24, 2.45) is 11.8 Å². The van der Waals surface area contributed by atoms with Crippen molar-refractivity contribution in [3.05, 3.63) is 0 Å². The maximum atomic E-state index is 11.3. The van der Waals surface area contributed by atoms with Crippen LogP contribution in [0.5, 0.6) is 0 Å². The van der Waals surface area contributed by atoms with Crippen LogP contribution in [0.15, 0.2) is 0 Å². The van der Waals surface area contributed by atoms with Gasteiger partial charge in [-0.1, -0.05) is 0 Å². The summed E-state index contributed by atoms with van der Waals surface area (Å²) in [5, 5.41) is 8.88. The van der Waals surface area contributed by atoms with E-state index < -0.39 is 17.7 Å². The molecule has 0 spiro atoms. The van der Waals surface area contributed by atoms with E-state index in [4.69, 9.17) is 14.7 Å². The number of carboxylic acids is 1. The SMILES string of the molecule is CC(C)(C)OC(=O)NOCC1CCC(C(=O)O)CC1. The zero-order valence-electron chi connectivity index (χ0n) is 11.8. The maximum Gasteiger partial charge on any atom is 0.431 e. The van der Waals surface area contributed by atoms with Gasteiger partial charge in [0.2, 0.25) is 0 Å². The summed E-state index contributed by atoms with van der Waals surface area (Å²) in [5.41, 5.74) is 1.69. The van der Waals surface area contributed by atoms with Crippen LogP contribution in [0.1, 0.15) is 46.5 Å². The first-order chi connectivity index (χ1) is 8.78. The number of aliphatic carboxylic acids is 1. The number of ether oxygens (including phenoxy) is 1. The van der Waals surface area contributed by atoms with E-state index in [1.807, 2.05) is 0 Å². The number of amides is 1. The molecule has 1 amide bonds. The van der Waals surface area contributed by atoms with Gasteiger partial charge in [-0.15, -0.1) is 0 Å².